The van der Waals surface area contributed by atoms with Crippen LogP contribution in [0.25, 0.3) is 0 Å². The summed E-state index contributed by atoms with van der Waals surface area (Å²) in [5.74, 6) is -0.789. The van der Waals surface area contributed by atoms with Crippen molar-refractivity contribution in [3.8, 4) is 5.75 Å². The molecule has 10 nitrogen and oxygen atoms in total. The molecule has 0 bridgehead atoms. The third-order valence-corrected chi connectivity index (χ3v) is 12.8. The molecule has 1 aromatic rings. The van der Waals surface area contributed by atoms with Gasteiger partial charge in [-0.1, -0.05) is 32.9 Å². The van der Waals surface area contributed by atoms with E-state index in [0.717, 1.165) is 38.5 Å². The molecular weight excluding hydrogens is 576 g/mol. The second kappa shape index (κ2) is 13.2. The van der Waals surface area contributed by atoms with Crippen LogP contribution in [-0.4, -0.2) is 74.2 Å². The number of hydrogen-bond acceptors (Lipinski definition) is 7. The molecule has 250 valence electrons. The largest absolute Gasteiger partial charge is 0.508 e. The predicted molar refractivity (Wildman–Crippen MR) is 167 cm³/mol. The smallest absolute Gasteiger partial charge is 0.326 e. The van der Waals surface area contributed by atoms with Crippen LogP contribution in [0, 0.1) is 46.3 Å². The van der Waals surface area contributed by atoms with Crippen LogP contribution in [0.15, 0.2) is 24.3 Å². The normalized spacial score (nSPS) is 38.6. The average molecular weight is 629 g/mol. The Morgan fingerprint density at radius 1 is 0.956 bits per heavy atom. The van der Waals surface area contributed by atoms with E-state index in [1.165, 1.54) is 12.1 Å². The second-order valence-corrected chi connectivity index (χ2v) is 15.1. The Hall–Kier alpha value is -2.69. The fourth-order valence-electron chi connectivity index (χ4n) is 10.3. The molecule has 45 heavy (non-hydrogen) atoms. The minimum Gasteiger partial charge on any atom is -0.508 e. The molecule has 7 N–H and O–H groups in total. The van der Waals surface area contributed by atoms with E-state index in [9.17, 15) is 39.9 Å². The standard InChI is InChI=1S/C35H52N2O8/c1-19(4-11-30(42)36-18-31(43)37-27(33(44)45)14-20-5-7-22(38)8-6-20)24-9-10-25-32-26(17-29(41)35(24,25)3)34(2)13-12-23(39)15-21(34)16-28(32)40/h5-8,19,21,23-29,32,38-41H,4,9-18H2,1-3H3,(H,36,42)(H,37,43)(H,44,45). The molecule has 0 saturated heterocycles. The number of aliphatic carboxylic acids is 1. The topological polar surface area (TPSA) is 176 Å². The SMILES string of the molecule is CC(CCC(=O)NCC(=O)NC(Cc1ccc(O)cc1)C(=O)O)C1CCC2C3C(O)CC4CC(O)CCC4(C)C3CC(O)C12C. The number of carbonyl (C=O) groups is 3. The highest BCUT2D eigenvalue weighted by Crippen LogP contribution is 2.68. The number of phenols is 1. The number of amides is 2. The van der Waals surface area contributed by atoms with Crippen molar-refractivity contribution in [2.45, 2.75) is 109 Å². The lowest BCUT2D eigenvalue weighted by molar-refractivity contribution is -0.207. The molecule has 5 rings (SSSR count). The van der Waals surface area contributed by atoms with Gasteiger partial charge in [-0.2, -0.15) is 0 Å². The molecule has 0 aromatic heterocycles. The van der Waals surface area contributed by atoms with Gasteiger partial charge in [0.05, 0.1) is 24.9 Å². The van der Waals surface area contributed by atoms with Gasteiger partial charge >= 0.3 is 5.97 Å². The number of carbonyl (C=O) groups excluding carboxylic acids is 2. The highest BCUT2D eigenvalue weighted by Gasteiger charge is 2.65. The van der Waals surface area contributed by atoms with Crippen molar-refractivity contribution in [2.75, 3.05) is 6.54 Å². The molecule has 0 radical (unpaired) electrons. The summed E-state index contributed by atoms with van der Waals surface area (Å²) in [4.78, 5) is 36.9. The van der Waals surface area contributed by atoms with E-state index in [1.807, 2.05) is 0 Å². The van der Waals surface area contributed by atoms with Crippen LogP contribution in [0.4, 0.5) is 0 Å². The molecule has 4 fully saturated rings. The first kappa shape index (κ1) is 33.7. The van der Waals surface area contributed by atoms with E-state index >= 15 is 0 Å². The number of carboxylic acid groups (broad SMARTS) is 1. The van der Waals surface area contributed by atoms with Crippen molar-refractivity contribution in [1.82, 2.24) is 10.6 Å². The Bertz CT molecular complexity index is 1240. The zero-order valence-electron chi connectivity index (χ0n) is 26.8. The van der Waals surface area contributed by atoms with Crippen molar-refractivity contribution in [3.63, 3.8) is 0 Å². The van der Waals surface area contributed by atoms with Crippen LogP contribution < -0.4 is 10.6 Å². The van der Waals surface area contributed by atoms with Crippen LogP contribution in [0.1, 0.15) is 84.1 Å². The minimum atomic E-state index is -1.19. The van der Waals surface area contributed by atoms with Gasteiger partial charge in [-0.05, 0) is 115 Å². The summed E-state index contributed by atoms with van der Waals surface area (Å²) in [6.07, 6.45) is 5.37. The lowest BCUT2D eigenvalue weighted by Gasteiger charge is -2.63. The lowest BCUT2D eigenvalue weighted by atomic mass is 9.43. The highest BCUT2D eigenvalue weighted by atomic mass is 16.4. The van der Waals surface area contributed by atoms with E-state index in [1.54, 1.807) is 12.1 Å². The predicted octanol–water partition coefficient (Wildman–Crippen LogP) is 3.00. The summed E-state index contributed by atoms with van der Waals surface area (Å²) in [5, 5.41) is 57.6. The van der Waals surface area contributed by atoms with Crippen LogP contribution in [0.3, 0.4) is 0 Å². The van der Waals surface area contributed by atoms with Crippen LogP contribution >= 0.6 is 0 Å². The first-order valence-corrected chi connectivity index (χ1v) is 16.8. The quantitative estimate of drug-likeness (QED) is 0.207. The number of phenolic OH excluding ortho intramolecular Hbond substituents is 1. The van der Waals surface area contributed by atoms with E-state index < -0.39 is 30.1 Å². The van der Waals surface area contributed by atoms with Crippen molar-refractivity contribution in [3.05, 3.63) is 29.8 Å². The number of nitrogens with one attached hydrogen (secondary N) is 2. The van der Waals surface area contributed by atoms with Gasteiger partial charge in [0, 0.05) is 12.8 Å². The van der Waals surface area contributed by atoms with Gasteiger partial charge in [0.15, 0.2) is 0 Å². The molecule has 0 heterocycles. The van der Waals surface area contributed by atoms with E-state index in [2.05, 4.69) is 31.4 Å². The highest BCUT2D eigenvalue weighted by molar-refractivity contribution is 5.88. The molecule has 4 aliphatic carbocycles. The summed E-state index contributed by atoms with van der Waals surface area (Å²) in [7, 11) is 0. The summed E-state index contributed by atoms with van der Waals surface area (Å²) in [6, 6.07) is 4.92. The summed E-state index contributed by atoms with van der Waals surface area (Å²) >= 11 is 0. The van der Waals surface area contributed by atoms with Crippen molar-refractivity contribution in [1.29, 1.82) is 0 Å². The van der Waals surface area contributed by atoms with Crippen LogP contribution in [0.2, 0.25) is 0 Å². The van der Waals surface area contributed by atoms with Gasteiger partial charge in [-0.15, -0.1) is 0 Å². The Balaban J connectivity index is 1.13. The van der Waals surface area contributed by atoms with Crippen LogP contribution in [0.5, 0.6) is 5.75 Å². The molecule has 0 aliphatic heterocycles. The maximum atomic E-state index is 12.7. The van der Waals surface area contributed by atoms with Crippen molar-refractivity contribution in [2.24, 2.45) is 46.3 Å². The number of benzene rings is 1. The maximum absolute atomic E-state index is 12.7. The van der Waals surface area contributed by atoms with Gasteiger partial charge in [-0.25, -0.2) is 4.79 Å². The lowest BCUT2D eigenvalue weighted by Crippen LogP contribution is -2.62. The second-order valence-electron chi connectivity index (χ2n) is 15.1. The van der Waals surface area contributed by atoms with Crippen LogP contribution in [-0.2, 0) is 20.8 Å². The first-order chi connectivity index (χ1) is 21.2. The molecule has 4 aliphatic rings. The zero-order chi connectivity index (χ0) is 32.7. The zero-order valence-corrected chi connectivity index (χ0v) is 26.8. The number of carboxylic acids is 1. The third kappa shape index (κ3) is 6.60. The average Bonchev–Trinajstić information content (AvgIpc) is 3.35. The van der Waals surface area contributed by atoms with Gasteiger partial charge in [0.1, 0.15) is 11.8 Å². The van der Waals surface area contributed by atoms with Gasteiger partial charge in [0.25, 0.3) is 0 Å². The van der Waals surface area contributed by atoms with E-state index in [4.69, 9.17) is 0 Å². The molecule has 12 atom stereocenters. The molecule has 2 amide bonds. The minimum absolute atomic E-state index is 0.0233. The first-order valence-electron chi connectivity index (χ1n) is 16.8. The van der Waals surface area contributed by atoms with Crippen molar-refractivity contribution >= 4 is 17.8 Å². The molecule has 4 saturated carbocycles. The number of aliphatic hydroxyl groups excluding tert-OH is 3. The summed E-state index contributed by atoms with van der Waals surface area (Å²) in [5.41, 5.74) is 0.318. The van der Waals surface area contributed by atoms with Gasteiger partial charge in [0.2, 0.25) is 11.8 Å². The van der Waals surface area contributed by atoms with Gasteiger partial charge in [-0.3, -0.25) is 9.59 Å². The molecule has 1 aromatic carbocycles. The van der Waals surface area contributed by atoms with Gasteiger partial charge < -0.3 is 36.2 Å². The molecule has 10 heteroatoms. The fraction of sp³-hybridized carbons (Fsp3) is 0.743. The van der Waals surface area contributed by atoms with E-state index in [-0.39, 0.29) is 83.5 Å². The summed E-state index contributed by atoms with van der Waals surface area (Å²) in [6.45, 7) is 6.33. The number of hydrogen-bond donors (Lipinski definition) is 7. The monoisotopic (exact) mass is 628 g/mol. The Labute approximate surface area is 266 Å². The Morgan fingerprint density at radius 3 is 2.36 bits per heavy atom. The number of aromatic hydroxyl groups is 1. The maximum Gasteiger partial charge on any atom is 0.326 e. The number of rotatable bonds is 10. The number of aliphatic hydroxyl groups is 3. The van der Waals surface area contributed by atoms with Crippen molar-refractivity contribution < 1.29 is 39.9 Å². The fourth-order valence-corrected chi connectivity index (χ4v) is 10.3. The molecule has 12 unspecified atom stereocenters. The molecule has 0 spiro atoms. The number of fused-ring (bicyclic) bond motifs is 5. The summed E-state index contributed by atoms with van der Waals surface area (Å²) < 4.78 is 0. The van der Waals surface area contributed by atoms with E-state index in [0.29, 0.717) is 18.4 Å². The Morgan fingerprint density at radius 2 is 1.67 bits per heavy atom. The molecular formula is C35H52N2O8. The third-order valence-electron chi connectivity index (χ3n) is 12.8. The Kier molecular flexibility index (Phi) is 9.88.